The smallest absolute Gasteiger partial charge is 0.110 e. The van der Waals surface area contributed by atoms with Crippen molar-refractivity contribution in [2.24, 2.45) is 0 Å². The Labute approximate surface area is 78.7 Å². The second kappa shape index (κ2) is 6.38. The molecule has 0 spiro atoms. The summed E-state index contributed by atoms with van der Waals surface area (Å²) in [6.45, 7) is 2.08. The number of rotatable bonds is 5. The highest BCUT2D eigenvalue weighted by Crippen LogP contribution is 2.08. The van der Waals surface area contributed by atoms with Crippen molar-refractivity contribution in [2.75, 3.05) is 25.1 Å². The Morgan fingerprint density at radius 3 is 3.25 bits per heavy atom. The van der Waals surface area contributed by atoms with Crippen molar-refractivity contribution < 1.29 is 4.74 Å². The van der Waals surface area contributed by atoms with Gasteiger partial charge in [-0.1, -0.05) is 0 Å². The van der Waals surface area contributed by atoms with Crippen LogP contribution >= 0.6 is 11.8 Å². The second-order valence-electron chi connectivity index (χ2n) is 2.90. The van der Waals surface area contributed by atoms with Crippen LogP contribution in [0.3, 0.4) is 0 Å². The fourth-order valence-corrected chi connectivity index (χ4v) is 1.52. The average Bonchev–Trinajstić information content (AvgIpc) is 2.14. The zero-order chi connectivity index (χ0) is 8.65. The number of hydrogen-bond donors (Lipinski definition) is 1. The van der Waals surface area contributed by atoms with Gasteiger partial charge in [-0.15, -0.1) is 0 Å². The van der Waals surface area contributed by atoms with E-state index in [9.17, 15) is 0 Å². The first-order valence-corrected chi connectivity index (χ1v) is 5.83. The number of nitrogens with one attached hydrogen (secondary N) is 1. The Hall–Kier alpha value is -0.150. The van der Waals surface area contributed by atoms with Gasteiger partial charge >= 0.3 is 0 Å². The molecular formula is C9H17NOS. The lowest BCUT2D eigenvalue weighted by Crippen LogP contribution is -2.30. The molecule has 0 saturated carbocycles. The summed E-state index contributed by atoms with van der Waals surface area (Å²) >= 11 is 1.87. The van der Waals surface area contributed by atoms with E-state index >= 15 is 0 Å². The molecule has 0 amide bonds. The zero-order valence-corrected chi connectivity index (χ0v) is 8.40. The van der Waals surface area contributed by atoms with Crippen LogP contribution in [0.25, 0.3) is 0 Å². The van der Waals surface area contributed by atoms with Crippen molar-refractivity contribution in [3.8, 4) is 0 Å². The van der Waals surface area contributed by atoms with E-state index in [1.807, 2.05) is 18.0 Å². The van der Waals surface area contributed by atoms with Crippen molar-refractivity contribution in [1.29, 1.82) is 0 Å². The van der Waals surface area contributed by atoms with Crippen molar-refractivity contribution in [2.45, 2.75) is 18.9 Å². The molecule has 1 unspecified atom stereocenters. The van der Waals surface area contributed by atoms with Crippen molar-refractivity contribution in [1.82, 2.24) is 5.32 Å². The molecule has 0 radical (unpaired) electrons. The summed E-state index contributed by atoms with van der Waals surface area (Å²) < 4.78 is 5.41. The third-order valence-corrected chi connectivity index (χ3v) is 2.49. The Balaban J connectivity index is 1.95. The second-order valence-corrected chi connectivity index (χ2v) is 3.89. The predicted molar refractivity (Wildman–Crippen MR) is 54.5 cm³/mol. The Morgan fingerprint density at radius 1 is 1.67 bits per heavy atom. The summed E-state index contributed by atoms with van der Waals surface area (Å²) in [7, 11) is 0. The topological polar surface area (TPSA) is 21.3 Å². The fourth-order valence-electron chi connectivity index (χ4n) is 1.17. The average molecular weight is 187 g/mol. The minimum atomic E-state index is 0.400. The Kier molecular flexibility index (Phi) is 5.28. The predicted octanol–water partition coefficient (Wildman–Crippen LogP) is 1.63. The van der Waals surface area contributed by atoms with Crippen LogP contribution in [0.4, 0.5) is 0 Å². The molecule has 12 heavy (non-hydrogen) atoms. The highest BCUT2D eigenvalue weighted by molar-refractivity contribution is 7.98. The molecule has 70 valence electrons. The molecule has 3 heteroatoms. The van der Waals surface area contributed by atoms with Gasteiger partial charge in [-0.25, -0.2) is 0 Å². The van der Waals surface area contributed by atoms with E-state index < -0.39 is 0 Å². The van der Waals surface area contributed by atoms with Gasteiger partial charge < -0.3 is 10.1 Å². The summed E-state index contributed by atoms with van der Waals surface area (Å²) in [5, 5.41) is 3.38. The van der Waals surface area contributed by atoms with Crippen LogP contribution in [0.5, 0.6) is 0 Å². The molecule has 1 atom stereocenters. The van der Waals surface area contributed by atoms with Crippen LogP contribution in [-0.2, 0) is 4.74 Å². The van der Waals surface area contributed by atoms with Crippen molar-refractivity contribution >= 4 is 11.8 Å². The minimum Gasteiger partial charge on any atom is -0.497 e. The summed E-state index contributed by atoms with van der Waals surface area (Å²) in [5.74, 6) is 1.18. The third kappa shape index (κ3) is 4.02. The number of ether oxygens (including phenoxy) is 1. The van der Waals surface area contributed by atoms with E-state index in [1.165, 1.54) is 5.75 Å². The first kappa shape index (κ1) is 9.93. The van der Waals surface area contributed by atoms with E-state index in [2.05, 4.69) is 17.6 Å². The van der Waals surface area contributed by atoms with Gasteiger partial charge in [-0.2, -0.15) is 11.8 Å². The molecule has 0 saturated heterocycles. The molecule has 0 fully saturated rings. The Morgan fingerprint density at radius 2 is 2.58 bits per heavy atom. The molecule has 0 aliphatic carbocycles. The standard InChI is InChI=1S/C9H17NOS/c1-12-7-5-10-8-9-4-2-3-6-11-9/h3,6,9-10H,2,4-5,7-8H2,1H3. The molecule has 1 rings (SSSR count). The Bertz CT molecular complexity index is 138. The lowest BCUT2D eigenvalue weighted by atomic mass is 10.1. The molecule has 0 aromatic heterocycles. The SMILES string of the molecule is CSCCNCC1CCC=CO1. The molecule has 2 nitrogen and oxygen atoms in total. The molecule has 1 N–H and O–H groups in total. The van der Waals surface area contributed by atoms with Crippen molar-refractivity contribution in [3.63, 3.8) is 0 Å². The van der Waals surface area contributed by atoms with E-state index in [0.717, 1.165) is 25.9 Å². The van der Waals surface area contributed by atoms with Gasteiger partial charge in [0.25, 0.3) is 0 Å². The number of thioether (sulfide) groups is 1. The van der Waals surface area contributed by atoms with Crippen molar-refractivity contribution in [3.05, 3.63) is 12.3 Å². The molecule has 0 aromatic carbocycles. The lowest BCUT2D eigenvalue weighted by molar-refractivity contribution is 0.123. The van der Waals surface area contributed by atoms with Crippen LogP contribution in [0.2, 0.25) is 0 Å². The minimum absolute atomic E-state index is 0.400. The van der Waals surface area contributed by atoms with Gasteiger partial charge in [0.15, 0.2) is 0 Å². The van der Waals surface area contributed by atoms with Crippen LogP contribution in [-0.4, -0.2) is 31.2 Å². The lowest BCUT2D eigenvalue weighted by Gasteiger charge is -2.19. The van der Waals surface area contributed by atoms with E-state index in [0.29, 0.717) is 6.10 Å². The quantitative estimate of drug-likeness (QED) is 0.661. The van der Waals surface area contributed by atoms with Crippen LogP contribution < -0.4 is 5.32 Å². The fraction of sp³-hybridized carbons (Fsp3) is 0.778. The molecule has 1 heterocycles. The van der Waals surface area contributed by atoms with Gasteiger partial charge in [0, 0.05) is 18.8 Å². The van der Waals surface area contributed by atoms with Crippen LogP contribution in [0.15, 0.2) is 12.3 Å². The largest absolute Gasteiger partial charge is 0.497 e. The van der Waals surface area contributed by atoms with Crippen LogP contribution in [0, 0.1) is 0 Å². The maximum absolute atomic E-state index is 5.41. The molecule has 0 bridgehead atoms. The van der Waals surface area contributed by atoms with Gasteiger partial charge in [0.1, 0.15) is 6.10 Å². The summed E-state index contributed by atoms with van der Waals surface area (Å²) in [6, 6.07) is 0. The van der Waals surface area contributed by atoms with Gasteiger partial charge in [-0.3, -0.25) is 0 Å². The monoisotopic (exact) mass is 187 g/mol. The van der Waals surface area contributed by atoms with Gasteiger partial charge in [-0.05, 0) is 25.2 Å². The zero-order valence-electron chi connectivity index (χ0n) is 7.58. The highest BCUT2D eigenvalue weighted by Gasteiger charge is 2.08. The van der Waals surface area contributed by atoms with Gasteiger partial charge in [0.05, 0.1) is 6.26 Å². The third-order valence-electron chi connectivity index (χ3n) is 1.88. The first-order valence-electron chi connectivity index (χ1n) is 4.43. The maximum Gasteiger partial charge on any atom is 0.110 e. The molecular weight excluding hydrogens is 170 g/mol. The summed E-state index contributed by atoms with van der Waals surface area (Å²) in [5.41, 5.74) is 0. The van der Waals surface area contributed by atoms with E-state index in [1.54, 1.807) is 0 Å². The van der Waals surface area contributed by atoms with Gasteiger partial charge in [0.2, 0.25) is 0 Å². The molecule has 1 aliphatic rings. The number of hydrogen-bond acceptors (Lipinski definition) is 3. The van der Waals surface area contributed by atoms with E-state index in [-0.39, 0.29) is 0 Å². The summed E-state index contributed by atoms with van der Waals surface area (Å²) in [4.78, 5) is 0. The van der Waals surface area contributed by atoms with Crippen LogP contribution in [0.1, 0.15) is 12.8 Å². The highest BCUT2D eigenvalue weighted by atomic mass is 32.2. The normalized spacial score (nSPS) is 22.2. The summed E-state index contributed by atoms with van der Waals surface area (Å²) in [6.07, 6.45) is 8.75. The molecule has 1 aliphatic heterocycles. The first-order chi connectivity index (χ1) is 5.93. The maximum atomic E-state index is 5.41. The molecule has 0 aromatic rings. The number of allylic oxidation sites excluding steroid dienone is 1. The van der Waals surface area contributed by atoms with E-state index in [4.69, 9.17) is 4.74 Å².